The van der Waals surface area contributed by atoms with Crippen LogP contribution >= 0.6 is 0 Å². The highest BCUT2D eigenvalue weighted by molar-refractivity contribution is 5.84. The lowest BCUT2D eigenvalue weighted by atomic mass is 9.74. The minimum atomic E-state index is -0.338. The van der Waals surface area contributed by atoms with Gasteiger partial charge in [-0.1, -0.05) is 12.2 Å². The fourth-order valence-electron chi connectivity index (χ4n) is 3.07. The van der Waals surface area contributed by atoms with E-state index in [4.69, 9.17) is 4.74 Å². The minimum absolute atomic E-state index is 0.108. The molecule has 2 aliphatic rings. The van der Waals surface area contributed by atoms with Crippen LogP contribution in [0.15, 0.2) is 25.3 Å². The summed E-state index contributed by atoms with van der Waals surface area (Å²) in [5, 5.41) is 0. The fraction of sp³-hybridized carbons (Fsp3) is 0.643. The second-order valence-corrected chi connectivity index (χ2v) is 5.23. The van der Waals surface area contributed by atoms with Crippen LogP contribution in [0.5, 0.6) is 0 Å². The molecule has 2 saturated heterocycles. The van der Waals surface area contributed by atoms with Crippen LogP contribution in [0.4, 0.5) is 0 Å². The number of carbonyl (C=O) groups excluding carboxylic acids is 1. The molecule has 0 aromatic carbocycles. The molecule has 3 atom stereocenters. The van der Waals surface area contributed by atoms with Crippen LogP contribution in [-0.2, 0) is 9.53 Å². The van der Waals surface area contributed by atoms with Gasteiger partial charge in [0.15, 0.2) is 0 Å². The largest absolute Gasteiger partial charge is 0.374 e. The van der Waals surface area contributed by atoms with E-state index in [2.05, 4.69) is 13.2 Å². The molecule has 0 unspecified atom stereocenters. The molecule has 1 amide bonds. The van der Waals surface area contributed by atoms with E-state index < -0.39 is 0 Å². The van der Waals surface area contributed by atoms with E-state index in [0.717, 1.165) is 19.3 Å². The van der Waals surface area contributed by atoms with Crippen molar-refractivity contribution in [3.05, 3.63) is 25.3 Å². The highest BCUT2D eigenvalue weighted by Gasteiger charge is 2.54. The van der Waals surface area contributed by atoms with Gasteiger partial charge in [0.2, 0.25) is 5.91 Å². The Morgan fingerprint density at radius 2 is 2.06 bits per heavy atom. The molecule has 2 fully saturated rings. The molecule has 2 rings (SSSR count). The van der Waals surface area contributed by atoms with Gasteiger partial charge in [-0.3, -0.25) is 4.79 Å². The first kappa shape index (κ1) is 12.4. The molecule has 17 heavy (non-hydrogen) atoms. The van der Waals surface area contributed by atoms with Crippen LogP contribution in [0, 0.1) is 5.41 Å². The Morgan fingerprint density at radius 3 is 2.47 bits per heavy atom. The van der Waals surface area contributed by atoms with Gasteiger partial charge < -0.3 is 9.64 Å². The second-order valence-electron chi connectivity index (χ2n) is 5.23. The Labute approximate surface area is 103 Å². The lowest BCUT2D eigenvalue weighted by molar-refractivity contribution is -0.143. The first-order valence-electron chi connectivity index (χ1n) is 6.28. The molecule has 2 aliphatic heterocycles. The molecule has 3 nitrogen and oxygen atoms in total. The van der Waals surface area contributed by atoms with Gasteiger partial charge in [-0.05, 0) is 26.2 Å². The highest BCUT2D eigenvalue weighted by atomic mass is 16.5. The molecular formula is C14H21NO2. The van der Waals surface area contributed by atoms with Gasteiger partial charge in [-0.2, -0.15) is 0 Å². The van der Waals surface area contributed by atoms with Crippen LogP contribution in [-0.4, -0.2) is 36.1 Å². The normalized spacial score (nSPS) is 34.6. The molecular weight excluding hydrogens is 214 g/mol. The lowest BCUT2D eigenvalue weighted by Gasteiger charge is -2.34. The smallest absolute Gasteiger partial charge is 0.231 e. The van der Waals surface area contributed by atoms with Crippen molar-refractivity contribution in [3.63, 3.8) is 0 Å². The number of ether oxygens (including phenoxy) is 1. The van der Waals surface area contributed by atoms with E-state index in [1.54, 1.807) is 12.2 Å². The summed E-state index contributed by atoms with van der Waals surface area (Å²) in [5.41, 5.74) is -0.338. The van der Waals surface area contributed by atoms with Crippen molar-refractivity contribution in [2.24, 2.45) is 5.41 Å². The summed E-state index contributed by atoms with van der Waals surface area (Å²) in [6.45, 7) is 10.6. The van der Waals surface area contributed by atoms with Crippen LogP contribution in [0.3, 0.4) is 0 Å². The number of amides is 1. The third-order valence-electron chi connectivity index (χ3n) is 3.94. The van der Waals surface area contributed by atoms with Gasteiger partial charge in [-0.25, -0.2) is 0 Å². The van der Waals surface area contributed by atoms with E-state index in [0.29, 0.717) is 19.2 Å². The van der Waals surface area contributed by atoms with Crippen molar-refractivity contribution >= 4 is 5.91 Å². The van der Waals surface area contributed by atoms with Crippen LogP contribution in [0.1, 0.15) is 26.2 Å². The van der Waals surface area contributed by atoms with E-state index >= 15 is 0 Å². The van der Waals surface area contributed by atoms with E-state index in [9.17, 15) is 4.79 Å². The quantitative estimate of drug-likeness (QED) is 0.683. The van der Waals surface area contributed by atoms with Crippen LogP contribution in [0.25, 0.3) is 0 Å². The predicted octanol–water partition coefficient (Wildman–Crippen LogP) is 2.14. The first-order valence-corrected chi connectivity index (χ1v) is 6.28. The molecule has 2 bridgehead atoms. The topological polar surface area (TPSA) is 29.5 Å². The maximum absolute atomic E-state index is 12.6. The van der Waals surface area contributed by atoms with Crippen molar-refractivity contribution in [1.29, 1.82) is 0 Å². The number of rotatable bonds is 5. The zero-order valence-electron chi connectivity index (χ0n) is 10.5. The first-order chi connectivity index (χ1) is 8.11. The van der Waals surface area contributed by atoms with E-state index in [1.807, 2.05) is 11.8 Å². The number of carbonyl (C=O) groups is 1. The average molecular weight is 235 g/mol. The monoisotopic (exact) mass is 235 g/mol. The molecule has 0 spiro atoms. The van der Waals surface area contributed by atoms with Gasteiger partial charge in [0.05, 0.1) is 17.6 Å². The van der Waals surface area contributed by atoms with Gasteiger partial charge in [0.25, 0.3) is 0 Å². The van der Waals surface area contributed by atoms with Crippen molar-refractivity contribution in [1.82, 2.24) is 4.90 Å². The number of hydrogen-bond donors (Lipinski definition) is 0. The number of nitrogens with zero attached hydrogens (tertiary/aromatic N) is 1. The average Bonchev–Trinajstić information content (AvgIpc) is 2.88. The zero-order valence-corrected chi connectivity index (χ0v) is 10.5. The maximum atomic E-state index is 12.6. The Kier molecular flexibility index (Phi) is 3.38. The third-order valence-corrected chi connectivity index (χ3v) is 3.94. The van der Waals surface area contributed by atoms with Crippen molar-refractivity contribution in [3.8, 4) is 0 Å². The van der Waals surface area contributed by atoms with Crippen molar-refractivity contribution in [2.75, 3.05) is 13.1 Å². The molecule has 94 valence electrons. The predicted molar refractivity (Wildman–Crippen MR) is 67.6 cm³/mol. The molecule has 0 N–H and O–H groups in total. The molecule has 0 aliphatic carbocycles. The van der Waals surface area contributed by atoms with E-state index in [1.165, 1.54) is 0 Å². The van der Waals surface area contributed by atoms with E-state index in [-0.39, 0.29) is 17.4 Å². The highest BCUT2D eigenvalue weighted by Crippen LogP contribution is 2.48. The zero-order chi connectivity index (χ0) is 12.5. The molecule has 0 aromatic rings. The van der Waals surface area contributed by atoms with Gasteiger partial charge in [-0.15, -0.1) is 13.2 Å². The standard InChI is InChI=1S/C14H21NO2/c1-4-8-15(9-5-2)13(16)14(3)10-11-6-7-12(14)17-11/h4-5,11-12H,1-2,6-10H2,3H3/t11-,12-,14-/m1/s1. The molecule has 0 radical (unpaired) electrons. The van der Waals surface area contributed by atoms with Gasteiger partial charge >= 0.3 is 0 Å². The Morgan fingerprint density at radius 1 is 1.41 bits per heavy atom. The summed E-state index contributed by atoms with van der Waals surface area (Å²) >= 11 is 0. The summed E-state index contributed by atoms with van der Waals surface area (Å²) in [7, 11) is 0. The fourth-order valence-corrected chi connectivity index (χ4v) is 3.07. The summed E-state index contributed by atoms with van der Waals surface area (Å²) in [6, 6.07) is 0. The molecule has 0 saturated carbocycles. The van der Waals surface area contributed by atoms with Crippen LogP contribution in [0.2, 0.25) is 0 Å². The summed E-state index contributed by atoms with van der Waals surface area (Å²) < 4.78 is 5.82. The second kappa shape index (κ2) is 4.65. The number of fused-ring (bicyclic) bond motifs is 2. The SMILES string of the molecule is C=CCN(CC=C)C(=O)[C@]1(C)C[C@H]2CC[C@H]1O2. The molecule has 0 aromatic heterocycles. The van der Waals surface area contributed by atoms with Crippen LogP contribution < -0.4 is 0 Å². The van der Waals surface area contributed by atoms with Crippen molar-refractivity contribution < 1.29 is 9.53 Å². The van der Waals surface area contributed by atoms with Gasteiger partial charge in [0, 0.05) is 13.1 Å². The lowest BCUT2D eigenvalue weighted by Crippen LogP contribution is -2.47. The Balaban J connectivity index is 2.12. The summed E-state index contributed by atoms with van der Waals surface area (Å²) in [6.07, 6.45) is 6.92. The number of hydrogen-bond acceptors (Lipinski definition) is 2. The minimum Gasteiger partial charge on any atom is -0.374 e. The third kappa shape index (κ3) is 2.04. The van der Waals surface area contributed by atoms with Crippen molar-refractivity contribution in [2.45, 2.75) is 38.4 Å². The molecule has 2 heterocycles. The summed E-state index contributed by atoms with van der Waals surface area (Å²) in [4.78, 5) is 14.4. The Bertz CT molecular complexity index is 329. The maximum Gasteiger partial charge on any atom is 0.231 e. The summed E-state index contributed by atoms with van der Waals surface area (Å²) in [5.74, 6) is 0.185. The Hall–Kier alpha value is -1.09. The van der Waals surface area contributed by atoms with Gasteiger partial charge in [0.1, 0.15) is 0 Å². The molecule has 3 heteroatoms.